The van der Waals surface area contributed by atoms with Crippen LogP contribution in [0.1, 0.15) is 51.2 Å². The molecule has 15 nitrogen and oxygen atoms in total. The molecule has 0 aliphatic carbocycles. The van der Waals surface area contributed by atoms with E-state index >= 15 is 0 Å². The van der Waals surface area contributed by atoms with Crippen molar-refractivity contribution >= 4 is 64.6 Å². The molecule has 8 atom stereocenters. The van der Waals surface area contributed by atoms with Crippen LogP contribution >= 0.6 is 23.2 Å². The molecule has 4 heterocycles. The Kier molecular flexibility index (Phi) is 13.8. The van der Waals surface area contributed by atoms with E-state index in [0.717, 1.165) is 6.07 Å². The van der Waals surface area contributed by atoms with Crippen molar-refractivity contribution in [2.24, 2.45) is 5.92 Å². The second-order valence-electron chi connectivity index (χ2n) is 16.1. The fourth-order valence-corrected chi connectivity index (χ4v) is 8.73. The molecule has 0 spiro atoms. The summed E-state index contributed by atoms with van der Waals surface area (Å²) in [4.78, 5) is 105. The number of halogens is 3. The summed E-state index contributed by atoms with van der Waals surface area (Å²) in [5, 5.41) is 8.67. The molecule has 2 aromatic carbocycles. The lowest BCUT2D eigenvalue weighted by molar-refractivity contribution is -0.163. The quantitative estimate of drug-likeness (QED) is 0.350. The number of rotatable bonds is 7. The third kappa shape index (κ3) is 10.2. The van der Waals surface area contributed by atoms with Gasteiger partial charge < -0.3 is 40.3 Å². The van der Waals surface area contributed by atoms with Gasteiger partial charge in [-0.15, -0.1) is 0 Å². The maximum absolute atomic E-state index is 14.8. The lowest BCUT2D eigenvalue weighted by Gasteiger charge is -2.42. The van der Waals surface area contributed by atoms with E-state index in [2.05, 4.69) is 16.0 Å². The van der Waals surface area contributed by atoms with Gasteiger partial charge in [-0.2, -0.15) is 0 Å². The first kappa shape index (κ1) is 43.8. The second-order valence-corrected chi connectivity index (χ2v) is 16.9. The number of amides is 6. The topological polar surface area (TPSA) is 178 Å². The molecule has 59 heavy (non-hydrogen) atoms. The number of benzene rings is 2. The van der Waals surface area contributed by atoms with Crippen LogP contribution in [0.25, 0.3) is 0 Å². The van der Waals surface area contributed by atoms with Crippen LogP contribution in [0.4, 0.5) is 4.39 Å². The number of ether oxygens (including phenoxy) is 1. The normalized spacial score (nSPS) is 27.7. The summed E-state index contributed by atoms with van der Waals surface area (Å²) in [5.74, 6) is -5.37. The van der Waals surface area contributed by atoms with Crippen LogP contribution in [-0.4, -0.2) is 143 Å². The van der Waals surface area contributed by atoms with Gasteiger partial charge in [0.2, 0.25) is 35.4 Å². The summed E-state index contributed by atoms with van der Waals surface area (Å²) in [6.45, 7) is 6.05. The van der Waals surface area contributed by atoms with Gasteiger partial charge in [0.25, 0.3) is 0 Å². The molecule has 3 N–H and O–H groups in total. The molecule has 6 rings (SSSR count). The van der Waals surface area contributed by atoms with Gasteiger partial charge in [0.1, 0.15) is 48.2 Å². The van der Waals surface area contributed by atoms with Gasteiger partial charge in [-0.25, -0.2) is 9.18 Å². The van der Waals surface area contributed by atoms with E-state index in [1.54, 1.807) is 24.3 Å². The maximum atomic E-state index is 14.8. The Morgan fingerprint density at radius 1 is 0.881 bits per heavy atom. The van der Waals surface area contributed by atoms with Crippen molar-refractivity contribution in [1.29, 1.82) is 0 Å². The van der Waals surface area contributed by atoms with Crippen molar-refractivity contribution in [1.82, 2.24) is 35.6 Å². The Labute approximate surface area is 352 Å². The van der Waals surface area contributed by atoms with Crippen molar-refractivity contribution < 1.29 is 42.7 Å². The Morgan fingerprint density at radius 3 is 2.34 bits per heavy atom. The third-order valence-electron chi connectivity index (χ3n) is 11.5. The van der Waals surface area contributed by atoms with Gasteiger partial charge in [0, 0.05) is 49.2 Å². The number of hydrogen-bond donors (Lipinski definition) is 3. The van der Waals surface area contributed by atoms with Crippen molar-refractivity contribution in [2.45, 2.75) is 95.2 Å². The average Bonchev–Trinajstić information content (AvgIpc) is 3.84. The van der Waals surface area contributed by atoms with E-state index in [0.29, 0.717) is 23.6 Å². The monoisotopic (exact) mass is 857 g/mol. The number of esters is 1. The number of carbonyl (C=O) groups excluding carboxylic acids is 7. The highest BCUT2D eigenvalue weighted by Crippen LogP contribution is 2.28. The number of cyclic esters (lactones) is 1. The van der Waals surface area contributed by atoms with Crippen LogP contribution in [0.3, 0.4) is 0 Å². The molecule has 6 amide bonds. The Balaban J connectivity index is 1.34. The SMILES string of the molecule is C[C@@H]1C[C@H]2C(=O)O[C@@H](C)[C@H](NC(=O)[C@H](Cc3cccc(Cl)c3)NC(=O)Cc3ccc(Cl)cc3F)C(=O)N3CCC[C@H]3C(=O)N3CCN(C)C[C@H]3C(=O)N[C@@H](C)C(=O)N2C1. The lowest BCUT2D eigenvalue weighted by Crippen LogP contribution is -2.65. The second kappa shape index (κ2) is 18.6. The van der Waals surface area contributed by atoms with Gasteiger partial charge in [-0.05, 0) is 81.5 Å². The van der Waals surface area contributed by atoms with E-state index in [1.807, 2.05) is 18.9 Å². The first-order chi connectivity index (χ1) is 28.0. The number of piperazine rings is 1. The van der Waals surface area contributed by atoms with Crippen molar-refractivity contribution in [3.05, 3.63) is 69.5 Å². The smallest absolute Gasteiger partial charge is 0.329 e. The molecule has 4 fully saturated rings. The Bertz CT molecular complexity index is 1990. The fraction of sp³-hybridized carbons (Fsp3) is 0.537. The summed E-state index contributed by atoms with van der Waals surface area (Å²) in [6, 6.07) is 3.55. The van der Waals surface area contributed by atoms with Gasteiger partial charge in [0.05, 0.1) is 6.42 Å². The van der Waals surface area contributed by atoms with Crippen LogP contribution in [0.15, 0.2) is 42.5 Å². The third-order valence-corrected chi connectivity index (χ3v) is 11.9. The number of carbonyl (C=O) groups is 7. The van der Waals surface area contributed by atoms with Crippen LogP contribution in [-0.2, 0) is 51.1 Å². The Morgan fingerprint density at radius 2 is 1.61 bits per heavy atom. The highest BCUT2D eigenvalue weighted by molar-refractivity contribution is 6.30. The molecule has 4 aliphatic rings. The molecular weight excluding hydrogens is 808 g/mol. The molecule has 2 aromatic rings. The molecule has 4 saturated heterocycles. The zero-order valence-corrected chi connectivity index (χ0v) is 34.9. The lowest BCUT2D eigenvalue weighted by atomic mass is 10.0. The number of hydrogen-bond acceptors (Lipinski definition) is 9. The highest BCUT2D eigenvalue weighted by Gasteiger charge is 2.47. The predicted octanol–water partition coefficient (Wildman–Crippen LogP) is 1.71. The summed E-state index contributed by atoms with van der Waals surface area (Å²) < 4.78 is 20.6. The molecule has 318 valence electrons. The van der Waals surface area contributed by atoms with E-state index in [9.17, 15) is 38.0 Å². The maximum Gasteiger partial charge on any atom is 0.329 e. The van der Waals surface area contributed by atoms with Gasteiger partial charge in [-0.3, -0.25) is 28.8 Å². The summed E-state index contributed by atoms with van der Waals surface area (Å²) in [6.07, 6.45) is -0.877. The molecule has 4 aliphatic heterocycles. The first-order valence-electron chi connectivity index (χ1n) is 19.9. The van der Waals surface area contributed by atoms with E-state index < -0.39 is 96.0 Å². The van der Waals surface area contributed by atoms with Crippen LogP contribution in [0.5, 0.6) is 0 Å². The average molecular weight is 859 g/mol. The van der Waals surface area contributed by atoms with E-state index in [1.165, 1.54) is 40.7 Å². The van der Waals surface area contributed by atoms with Gasteiger partial charge >= 0.3 is 5.97 Å². The number of nitrogens with one attached hydrogen (secondary N) is 3. The first-order valence-corrected chi connectivity index (χ1v) is 20.6. The minimum Gasteiger partial charge on any atom is -0.458 e. The zero-order chi connectivity index (χ0) is 42.7. The molecule has 0 saturated carbocycles. The van der Waals surface area contributed by atoms with Gasteiger partial charge in [0.15, 0.2) is 0 Å². The van der Waals surface area contributed by atoms with Crippen LogP contribution in [0, 0.1) is 11.7 Å². The van der Waals surface area contributed by atoms with Gasteiger partial charge in [-0.1, -0.05) is 48.3 Å². The van der Waals surface area contributed by atoms with Crippen molar-refractivity contribution in [3.63, 3.8) is 0 Å². The molecule has 0 radical (unpaired) electrons. The standard InChI is InChI=1S/C41H50Cl2FN7O8/c1-22-15-32-41(58)59-24(3)35(47-36(53)30(17-25-7-5-8-27(42)16-25)46-34(52)18-26-10-11-28(43)19-29(26)44)40(57)49-12-6-9-31(49)39(56)50-14-13-48(4)21-33(50)37(54)45-23(2)38(55)51(32)20-22/h5,7-8,10-11,16,19,22-24,30-33,35H,6,9,12-15,17-18,20-21H2,1-4H3,(H,45,54)(H,46,52)(H,47,53)/t22-,23+,24+,30+,31+,32+,33+,35+/m1/s1. The molecule has 0 bridgehead atoms. The number of likely N-dealkylation sites (N-methyl/N-ethyl adjacent to an activating group) is 1. The van der Waals surface area contributed by atoms with Crippen LogP contribution in [0.2, 0.25) is 10.0 Å². The summed E-state index contributed by atoms with van der Waals surface area (Å²) in [7, 11) is 1.82. The van der Waals surface area contributed by atoms with Crippen molar-refractivity contribution in [2.75, 3.05) is 39.8 Å². The summed E-state index contributed by atoms with van der Waals surface area (Å²) >= 11 is 12.2. The minimum absolute atomic E-state index is 0.0371. The largest absolute Gasteiger partial charge is 0.458 e. The molecule has 0 unspecified atom stereocenters. The van der Waals surface area contributed by atoms with E-state index in [4.69, 9.17) is 27.9 Å². The molecule has 18 heteroatoms. The van der Waals surface area contributed by atoms with Crippen LogP contribution < -0.4 is 16.0 Å². The van der Waals surface area contributed by atoms with Crippen molar-refractivity contribution in [3.8, 4) is 0 Å². The summed E-state index contributed by atoms with van der Waals surface area (Å²) in [5.41, 5.74) is 0.597. The zero-order valence-electron chi connectivity index (χ0n) is 33.4. The fourth-order valence-electron chi connectivity index (χ4n) is 8.35. The van der Waals surface area contributed by atoms with E-state index in [-0.39, 0.29) is 61.9 Å². The number of fused-ring (bicyclic) bond motifs is 3. The molecule has 0 aromatic heterocycles. The minimum atomic E-state index is -1.56. The molecular formula is C41H50Cl2FN7O8. The number of nitrogens with zero attached hydrogens (tertiary/aromatic N) is 4. The predicted molar refractivity (Wildman–Crippen MR) is 214 cm³/mol. The Hall–Kier alpha value is -4.80. The highest BCUT2D eigenvalue weighted by atomic mass is 35.5.